The summed E-state index contributed by atoms with van der Waals surface area (Å²) in [6.45, 7) is 6.43. The van der Waals surface area contributed by atoms with Gasteiger partial charge in [-0.1, -0.05) is 18.2 Å². The number of benzene rings is 2. The predicted molar refractivity (Wildman–Crippen MR) is 123 cm³/mol. The molecule has 0 aliphatic heterocycles. The Bertz CT molecular complexity index is 1070. The molecule has 0 aliphatic rings. The Labute approximate surface area is 188 Å². The van der Waals surface area contributed by atoms with Crippen molar-refractivity contribution in [3.05, 3.63) is 59.8 Å². The van der Waals surface area contributed by atoms with Crippen LogP contribution < -0.4 is 19.9 Å². The van der Waals surface area contributed by atoms with Crippen LogP contribution in [0.15, 0.2) is 48.7 Å². The van der Waals surface area contributed by atoms with E-state index in [9.17, 15) is 4.79 Å². The smallest absolute Gasteiger partial charge is 0.246 e. The van der Waals surface area contributed by atoms with Crippen LogP contribution in [-0.4, -0.2) is 36.8 Å². The number of amides is 1. The largest absolute Gasteiger partial charge is 0.497 e. The van der Waals surface area contributed by atoms with E-state index < -0.39 is 12.0 Å². The number of carbonyl (C=O) groups is 1. The van der Waals surface area contributed by atoms with Crippen molar-refractivity contribution in [1.82, 2.24) is 4.98 Å². The van der Waals surface area contributed by atoms with Gasteiger partial charge in [0.15, 0.2) is 0 Å². The zero-order chi connectivity index (χ0) is 23.1. The molecule has 7 nitrogen and oxygen atoms in total. The molecule has 3 rings (SSSR count). The highest BCUT2D eigenvalue weighted by Gasteiger charge is 2.19. The van der Waals surface area contributed by atoms with Crippen LogP contribution in [0.2, 0.25) is 0 Å². The number of hydrogen-bond donors (Lipinski definition) is 1. The van der Waals surface area contributed by atoms with E-state index in [1.165, 1.54) is 0 Å². The summed E-state index contributed by atoms with van der Waals surface area (Å²) in [6, 6.07) is 13.2. The number of para-hydroxylation sites is 1. The second-order valence-electron chi connectivity index (χ2n) is 7.61. The van der Waals surface area contributed by atoms with Crippen molar-refractivity contribution in [1.29, 1.82) is 0 Å². The Morgan fingerprint density at radius 1 is 1.12 bits per heavy atom. The monoisotopic (exact) mass is 438 g/mol. The van der Waals surface area contributed by atoms with Gasteiger partial charge in [0.05, 0.1) is 24.3 Å². The third-order valence-electron chi connectivity index (χ3n) is 4.90. The number of aromatic nitrogens is 1. The molecule has 0 bridgehead atoms. The number of nitrogens with two attached hydrogens (primary N) is 1. The summed E-state index contributed by atoms with van der Waals surface area (Å²) in [5.41, 5.74) is 7.95. The van der Waals surface area contributed by atoms with Crippen molar-refractivity contribution in [2.45, 2.75) is 46.0 Å². The van der Waals surface area contributed by atoms with Gasteiger partial charge in [-0.05, 0) is 50.6 Å². The maximum Gasteiger partial charge on any atom is 0.246 e. The molecule has 0 saturated heterocycles. The van der Waals surface area contributed by atoms with E-state index in [0.717, 1.165) is 27.8 Å². The van der Waals surface area contributed by atoms with Crippen LogP contribution >= 0.6 is 0 Å². The van der Waals surface area contributed by atoms with Crippen LogP contribution in [0.3, 0.4) is 0 Å². The van der Waals surface area contributed by atoms with Crippen LogP contribution in [0, 0.1) is 0 Å². The number of nitrogens with zero attached hydrogens (tertiary/aromatic N) is 1. The predicted octanol–water partition coefficient (Wildman–Crippen LogP) is 4.04. The number of carbonyl (C=O) groups excluding carboxylic acids is 1. The first-order valence-electron chi connectivity index (χ1n) is 10.7. The van der Waals surface area contributed by atoms with E-state index in [0.29, 0.717) is 24.5 Å². The summed E-state index contributed by atoms with van der Waals surface area (Å²) in [4.78, 5) is 16.3. The summed E-state index contributed by atoms with van der Waals surface area (Å²) in [7, 11) is 1.63. The molecular formula is C25H30N2O5. The molecule has 0 fully saturated rings. The van der Waals surface area contributed by atoms with Crippen molar-refractivity contribution >= 4 is 16.8 Å². The Morgan fingerprint density at radius 2 is 1.91 bits per heavy atom. The summed E-state index contributed by atoms with van der Waals surface area (Å²) in [5.74, 6) is 1.59. The van der Waals surface area contributed by atoms with Gasteiger partial charge in [-0.25, -0.2) is 0 Å². The number of ether oxygens (including phenoxy) is 4. The third kappa shape index (κ3) is 5.68. The normalized spacial score (nSPS) is 12.0. The molecule has 0 saturated carbocycles. The molecule has 32 heavy (non-hydrogen) atoms. The van der Waals surface area contributed by atoms with Gasteiger partial charge >= 0.3 is 0 Å². The minimum atomic E-state index is -0.709. The summed E-state index contributed by atoms with van der Waals surface area (Å²) >= 11 is 0. The van der Waals surface area contributed by atoms with E-state index in [-0.39, 0.29) is 12.7 Å². The maximum absolute atomic E-state index is 11.7. The zero-order valence-corrected chi connectivity index (χ0v) is 19.0. The SMILES string of the molecule is CCOC(Cc1ccccc1OCc1cnc2ccc(OC)cc2c1OC(C)C)C(N)=O. The number of rotatable bonds is 11. The minimum absolute atomic E-state index is 0.0274. The first-order chi connectivity index (χ1) is 15.4. The van der Waals surface area contributed by atoms with E-state index in [2.05, 4.69) is 4.98 Å². The lowest BCUT2D eigenvalue weighted by Crippen LogP contribution is -2.33. The Morgan fingerprint density at radius 3 is 2.59 bits per heavy atom. The van der Waals surface area contributed by atoms with Gasteiger partial charge in [0, 0.05) is 24.6 Å². The number of fused-ring (bicyclic) bond motifs is 1. The highest BCUT2D eigenvalue weighted by Crippen LogP contribution is 2.33. The first kappa shape index (κ1) is 23.3. The van der Waals surface area contributed by atoms with Crippen LogP contribution in [-0.2, 0) is 22.6 Å². The molecule has 1 unspecified atom stereocenters. The Hall–Kier alpha value is -3.32. The molecule has 2 N–H and O–H groups in total. The van der Waals surface area contributed by atoms with E-state index in [4.69, 9.17) is 24.7 Å². The van der Waals surface area contributed by atoms with Crippen LogP contribution in [0.25, 0.3) is 10.9 Å². The molecular weight excluding hydrogens is 408 g/mol. The van der Waals surface area contributed by atoms with Crippen LogP contribution in [0.1, 0.15) is 31.9 Å². The number of primary amides is 1. The van der Waals surface area contributed by atoms with Crippen molar-refractivity contribution in [2.24, 2.45) is 5.73 Å². The number of methoxy groups -OCH3 is 1. The van der Waals surface area contributed by atoms with Crippen molar-refractivity contribution in [3.63, 3.8) is 0 Å². The lowest BCUT2D eigenvalue weighted by molar-refractivity contribution is -0.129. The summed E-state index contributed by atoms with van der Waals surface area (Å²) in [5, 5.41) is 0.859. The van der Waals surface area contributed by atoms with Gasteiger partial charge < -0.3 is 24.7 Å². The minimum Gasteiger partial charge on any atom is -0.497 e. The molecule has 170 valence electrons. The van der Waals surface area contributed by atoms with Crippen molar-refractivity contribution < 1.29 is 23.7 Å². The fourth-order valence-electron chi connectivity index (χ4n) is 3.40. The zero-order valence-electron chi connectivity index (χ0n) is 19.0. The number of pyridine rings is 1. The topological polar surface area (TPSA) is 92.9 Å². The molecule has 2 aromatic carbocycles. The first-order valence-corrected chi connectivity index (χ1v) is 10.7. The van der Waals surface area contributed by atoms with Gasteiger partial charge in [-0.15, -0.1) is 0 Å². The highest BCUT2D eigenvalue weighted by molar-refractivity contribution is 5.87. The lowest BCUT2D eigenvalue weighted by atomic mass is 10.1. The quantitative estimate of drug-likeness (QED) is 0.486. The van der Waals surface area contributed by atoms with E-state index >= 15 is 0 Å². The summed E-state index contributed by atoms with van der Waals surface area (Å²) in [6.07, 6.45) is 1.36. The highest BCUT2D eigenvalue weighted by atomic mass is 16.5. The lowest BCUT2D eigenvalue weighted by Gasteiger charge is -2.19. The van der Waals surface area contributed by atoms with Gasteiger partial charge in [-0.2, -0.15) is 0 Å². The standard InChI is InChI=1S/C25H30N2O5/c1-5-30-23(25(26)28)12-17-8-6-7-9-22(17)31-15-18-14-27-21-11-10-19(29-4)13-20(21)24(18)32-16(2)3/h6-11,13-14,16,23H,5,12,15H2,1-4H3,(H2,26,28). The van der Waals surface area contributed by atoms with E-state index in [1.54, 1.807) is 13.3 Å². The molecule has 1 amide bonds. The second-order valence-corrected chi connectivity index (χ2v) is 7.61. The van der Waals surface area contributed by atoms with Gasteiger partial charge in [0.1, 0.15) is 30.0 Å². The molecule has 1 atom stereocenters. The molecule has 3 aromatic rings. The second kappa shape index (κ2) is 10.8. The van der Waals surface area contributed by atoms with Crippen molar-refractivity contribution in [3.8, 4) is 17.2 Å². The fraction of sp³-hybridized carbons (Fsp3) is 0.360. The number of hydrogen-bond acceptors (Lipinski definition) is 6. The fourth-order valence-corrected chi connectivity index (χ4v) is 3.40. The average Bonchev–Trinajstić information content (AvgIpc) is 2.78. The average molecular weight is 439 g/mol. The van der Waals surface area contributed by atoms with Crippen LogP contribution in [0.4, 0.5) is 0 Å². The third-order valence-corrected chi connectivity index (χ3v) is 4.90. The molecule has 1 aromatic heterocycles. The van der Waals surface area contributed by atoms with Gasteiger partial charge in [0.25, 0.3) is 0 Å². The molecule has 0 spiro atoms. The van der Waals surface area contributed by atoms with Crippen molar-refractivity contribution in [2.75, 3.05) is 13.7 Å². The van der Waals surface area contributed by atoms with Gasteiger partial charge in [0.2, 0.25) is 5.91 Å². The Kier molecular flexibility index (Phi) is 7.89. The molecule has 7 heteroatoms. The van der Waals surface area contributed by atoms with Crippen LogP contribution in [0.5, 0.6) is 17.2 Å². The van der Waals surface area contributed by atoms with E-state index in [1.807, 2.05) is 63.2 Å². The van der Waals surface area contributed by atoms with Gasteiger partial charge in [-0.3, -0.25) is 9.78 Å². The molecule has 0 aliphatic carbocycles. The molecule has 1 heterocycles. The molecule has 0 radical (unpaired) electrons. The summed E-state index contributed by atoms with van der Waals surface area (Å²) < 4.78 is 23.2. The Balaban J connectivity index is 1.90. The maximum atomic E-state index is 11.7.